The van der Waals surface area contributed by atoms with Crippen molar-refractivity contribution >= 4 is 11.6 Å². The summed E-state index contributed by atoms with van der Waals surface area (Å²) in [4.78, 5) is 4.37. The van der Waals surface area contributed by atoms with Crippen molar-refractivity contribution in [3.05, 3.63) is 34.6 Å². The number of benzene rings is 1. The van der Waals surface area contributed by atoms with E-state index in [1.165, 1.54) is 0 Å². The molecule has 2 aromatic rings. The molecule has 1 unspecified atom stereocenters. The van der Waals surface area contributed by atoms with Crippen LogP contribution in [0.2, 0.25) is 5.02 Å². The SMILES string of the molecule is Cc1ccc(-c2nc(C3CNCCO3)no2)cc1Cl. The molecule has 2 heterocycles. The minimum Gasteiger partial charge on any atom is -0.367 e. The normalized spacial score (nSPS) is 19.6. The van der Waals surface area contributed by atoms with Crippen molar-refractivity contribution in [3.8, 4) is 11.5 Å². The Morgan fingerprint density at radius 3 is 3.05 bits per heavy atom. The van der Waals surface area contributed by atoms with Crippen LogP contribution in [-0.2, 0) is 4.74 Å². The minimum absolute atomic E-state index is 0.146. The van der Waals surface area contributed by atoms with E-state index in [2.05, 4.69) is 15.5 Å². The molecule has 1 saturated heterocycles. The molecule has 1 aromatic carbocycles. The van der Waals surface area contributed by atoms with E-state index in [-0.39, 0.29) is 6.10 Å². The average molecular weight is 280 g/mol. The summed E-state index contributed by atoms with van der Waals surface area (Å²) in [6.07, 6.45) is -0.146. The van der Waals surface area contributed by atoms with Crippen LogP contribution < -0.4 is 5.32 Å². The monoisotopic (exact) mass is 279 g/mol. The molecular formula is C13H14ClN3O2. The molecule has 1 aromatic heterocycles. The van der Waals surface area contributed by atoms with E-state index in [0.29, 0.717) is 29.9 Å². The van der Waals surface area contributed by atoms with Crippen LogP contribution in [0.3, 0.4) is 0 Å². The number of nitrogens with one attached hydrogen (secondary N) is 1. The van der Waals surface area contributed by atoms with Crippen LogP contribution in [0, 0.1) is 6.92 Å². The average Bonchev–Trinajstić information content (AvgIpc) is 2.93. The van der Waals surface area contributed by atoms with Gasteiger partial charge in [0.1, 0.15) is 6.10 Å². The van der Waals surface area contributed by atoms with Crippen molar-refractivity contribution in [2.45, 2.75) is 13.0 Å². The quantitative estimate of drug-likeness (QED) is 0.914. The van der Waals surface area contributed by atoms with Gasteiger partial charge in [0.2, 0.25) is 5.82 Å². The zero-order valence-electron chi connectivity index (χ0n) is 10.5. The lowest BCUT2D eigenvalue weighted by Crippen LogP contribution is -2.33. The van der Waals surface area contributed by atoms with E-state index in [0.717, 1.165) is 17.7 Å². The lowest BCUT2D eigenvalue weighted by molar-refractivity contribution is 0.0208. The van der Waals surface area contributed by atoms with Gasteiger partial charge >= 0.3 is 0 Å². The fourth-order valence-electron chi connectivity index (χ4n) is 1.94. The lowest BCUT2D eigenvalue weighted by atomic mass is 10.1. The van der Waals surface area contributed by atoms with E-state index in [9.17, 15) is 0 Å². The third-order valence-corrected chi connectivity index (χ3v) is 3.48. The van der Waals surface area contributed by atoms with Crippen molar-refractivity contribution in [1.29, 1.82) is 0 Å². The molecule has 5 nitrogen and oxygen atoms in total. The van der Waals surface area contributed by atoms with Gasteiger partial charge in [0.05, 0.1) is 6.61 Å². The molecule has 1 N–H and O–H groups in total. The Morgan fingerprint density at radius 2 is 2.32 bits per heavy atom. The van der Waals surface area contributed by atoms with Gasteiger partial charge in [-0.1, -0.05) is 22.8 Å². The minimum atomic E-state index is -0.146. The molecule has 0 amide bonds. The molecule has 1 fully saturated rings. The second-order valence-corrected chi connectivity index (χ2v) is 4.89. The predicted molar refractivity (Wildman–Crippen MR) is 71.0 cm³/mol. The maximum absolute atomic E-state index is 6.09. The Bertz CT molecular complexity index is 579. The highest BCUT2D eigenvalue weighted by Gasteiger charge is 2.22. The molecule has 1 aliphatic heterocycles. The van der Waals surface area contributed by atoms with Crippen LogP contribution in [0.25, 0.3) is 11.5 Å². The van der Waals surface area contributed by atoms with Crippen molar-refractivity contribution in [2.24, 2.45) is 0 Å². The van der Waals surface area contributed by atoms with Gasteiger partial charge in [-0.25, -0.2) is 0 Å². The molecule has 0 spiro atoms. The summed E-state index contributed by atoms with van der Waals surface area (Å²) in [5.74, 6) is 1.03. The number of morpholine rings is 1. The molecule has 19 heavy (non-hydrogen) atoms. The standard InChI is InChI=1S/C13H14ClN3O2/c1-8-2-3-9(6-10(8)14)13-16-12(17-19-13)11-7-15-4-5-18-11/h2-3,6,11,15H,4-5,7H2,1H3. The Kier molecular flexibility index (Phi) is 3.50. The number of hydrogen-bond donors (Lipinski definition) is 1. The van der Waals surface area contributed by atoms with Crippen molar-refractivity contribution < 1.29 is 9.26 Å². The zero-order chi connectivity index (χ0) is 13.2. The second-order valence-electron chi connectivity index (χ2n) is 4.49. The molecule has 0 aliphatic carbocycles. The number of nitrogens with zero attached hydrogens (tertiary/aromatic N) is 2. The van der Waals surface area contributed by atoms with Gasteiger partial charge in [0, 0.05) is 23.7 Å². The van der Waals surface area contributed by atoms with Crippen LogP contribution in [-0.4, -0.2) is 29.8 Å². The molecule has 100 valence electrons. The summed E-state index contributed by atoms with van der Waals surface area (Å²) < 4.78 is 10.9. The highest BCUT2D eigenvalue weighted by atomic mass is 35.5. The van der Waals surface area contributed by atoms with Gasteiger partial charge in [-0.15, -0.1) is 0 Å². The molecular weight excluding hydrogens is 266 g/mol. The fraction of sp³-hybridized carbons (Fsp3) is 0.385. The first kappa shape index (κ1) is 12.6. The highest BCUT2D eigenvalue weighted by molar-refractivity contribution is 6.31. The Balaban J connectivity index is 1.85. The zero-order valence-corrected chi connectivity index (χ0v) is 11.3. The van der Waals surface area contributed by atoms with Gasteiger partial charge in [-0.3, -0.25) is 0 Å². The Hall–Kier alpha value is -1.43. The van der Waals surface area contributed by atoms with E-state index < -0.39 is 0 Å². The van der Waals surface area contributed by atoms with Gasteiger partial charge in [-0.2, -0.15) is 4.98 Å². The number of rotatable bonds is 2. The van der Waals surface area contributed by atoms with E-state index >= 15 is 0 Å². The van der Waals surface area contributed by atoms with Crippen LogP contribution >= 0.6 is 11.6 Å². The third-order valence-electron chi connectivity index (χ3n) is 3.08. The van der Waals surface area contributed by atoms with Crippen LogP contribution in [0.5, 0.6) is 0 Å². The first-order valence-corrected chi connectivity index (χ1v) is 6.54. The smallest absolute Gasteiger partial charge is 0.258 e. The number of halogens is 1. The Labute approximate surface area is 115 Å². The Morgan fingerprint density at radius 1 is 1.42 bits per heavy atom. The van der Waals surface area contributed by atoms with Gasteiger partial charge in [0.25, 0.3) is 5.89 Å². The summed E-state index contributed by atoms with van der Waals surface area (Å²) in [5, 5.41) is 7.89. The van der Waals surface area contributed by atoms with Crippen LogP contribution in [0.15, 0.2) is 22.7 Å². The summed E-state index contributed by atoms with van der Waals surface area (Å²) in [7, 11) is 0. The molecule has 1 atom stereocenters. The molecule has 1 aliphatic rings. The predicted octanol–water partition coefficient (Wildman–Crippen LogP) is 2.36. The largest absolute Gasteiger partial charge is 0.367 e. The summed E-state index contributed by atoms with van der Waals surface area (Å²) >= 11 is 6.09. The number of hydrogen-bond acceptors (Lipinski definition) is 5. The second kappa shape index (κ2) is 5.28. The maximum Gasteiger partial charge on any atom is 0.258 e. The fourth-order valence-corrected chi connectivity index (χ4v) is 2.12. The lowest BCUT2D eigenvalue weighted by Gasteiger charge is -2.20. The molecule has 3 rings (SSSR count). The van der Waals surface area contributed by atoms with E-state index in [1.54, 1.807) is 0 Å². The van der Waals surface area contributed by atoms with Gasteiger partial charge < -0.3 is 14.6 Å². The first-order chi connectivity index (χ1) is 9.24. The number of ether oxygens (including phenoxy) is 1. The molecule has 6 heteroatoms. The van der Waals surface area contributed by atoms with Crippen LogP contribution in [0.1, 0.15) is 17.5 Å². The summed E-state index contributed by atoms with van der Waals surface area (Å²) in [6, 6.07) is 5.67. The van der Waals surface area contributed by atoms with Gasteiger partial charge in [-0.05, 0) is 24.6 Å². The molecule has 0 bridgehead atoms. The molecule has 0 radical (unpaired) electrons. The summed E-state index contributed by atoms with van der Waals surface area (Å²) in [6.45, 7) is 4.17. The van der Waals surface area contributed by atoms with Gasteiger partial charge in [0.15, 0.2) is 0 Å². The first-order valence-electron chi connectivity index (χ1n) is 6.16. The van der Waals surface area contributed by atoms with E-state index in [4.69, 9.17) is 20.9 Å². The highest BCUT2D eigenvalue weighted by Crippen LogP contribution is 2.25. The van der Waals surface area contributed by atoms with Crippen molar-refractivity contribution in [1.82, 2.24) is 15.5 Å². The maximum atomic E-state index is 6.09. The number of aryl methyl sites for hydroxylation is 1. The van der Waals surface area contributed by atoms with Crippen LogP contribution in [0.4, 0.5) is 0 Å². The van der Waals surface area contributed by atoms with Crippen molar-refractivity contribution in [2.75, 3.05) is 19.7 Å². The third kappa shape index (κ3) is 2.63. The topological polar surface area (TPSA) is 60.2 Å². The summed E-state index contributed by atoms with van der Waals surface area (Å²) in [5.41, 5.74) is 1.84. The van der Waals surface area contributed by atoms with Crippen molar-refractivity contribution in [3.63, 3.8) is 0 Å². The molecule has 0 saturated carbocycles. The van der Waals surface area contributed by atoms with E-state index in [1.807, 2.05) is 25.1 Å². The number of aromatic nitrogens is 2.